The first-order valence-corrected chi connectivity index (χ1v) is 9.79. The van der Waals surface area contributed by atoms with E-state index < -0.39 is 0 Å². The summed E-state index contributed by atoms with van der Waals surface area (Å²) in [6, 6.07) is 21.0. The smallest absolute Gasteiger partial charge is 0.255 e. The van der Waals surface area contributed by atoms with Crippen LogP contribution in [0.4, 0.5) is 11.4 Å². The molecule has 3 aromatic carbocycles. The van der Waals surface area contributed by atoms with Gasteiger partial charge in [-0.2, -0.15) is 0 Å². The first kappa shape index (κ1) is 20.1. The van der Waals surface area contributed by atoms with E-state index in [1.807, 2.05) is 36.0 Å². The van der Waals surface area contributed by atoms with Crippen LogP contribution in [0, 0.1) is 0 Å². The third-order valence-electron chi connectivity index (χ3n) is 5.02. The minimum Gasteiger partial charge on any atom is -0.351 e. The van der Waals surface area contributed by atoms with E-state index in [9.17, 15) is 14.4 Å². The van der Waals surface area contributed by atoms with Crippen molar-refractivity contribution in [2.24, 2.45) is 7.05 Å². The molecule has 0 aliphatic heterocycles. The van der Waals surface area contributed by atoms with Crippen molar-refractivity contribution < 1.29 is 14.4 Å². The highest BCUT2D eigenvalue weighted by molar-refractivity contribution is 6.10. The van der Waals surface area contributed by atoms with Crippen LogP contribution in [0.2, 0.25) is 0 Å². The van der Waals surface area contributed by atoms with Crippen molar-refractivity contribution in [3.63, 3.8) is 0 Å². The summed E-state index contributed by atoms with van der Waals surface area (Å²) in [4.78, 5) is 36.4. The Labute approximate surface area is 179 Å². The van der Waals surface area contributed by atoms with E-state index in [4.69, 9.17) is 0 Å². The number of fused-ring (bicyclic) bond motifs is 1. The molecule has 0 spiro atoms. The van der Waals surface area contributed by atoms with Crippen LogP contribution < -0.4 is 10.6 Å². The first-order chi connectivity index (χ1) is 14.9. The lowest BCUT2D eigenvalue weighted by molar-refractivity contribution is -0.114. The van der Waals surface area contributed by atoms with Crippen molar-refractivity contribution in [1.82, 2.24) is 4.57 Å². The molecule has 2 amide bonds. The molecule has 0 saturated carbocycles. The van der Waals surface area contributed by atoms with Crippen LogP contribution in [0.25, 0.3) is 10.9 Å². The Bertz CT molecular complexity index is 1290. The zero-order valence-electron chi connectivity index (χ0n) is 17.2. The van der Waals surface area contributed by atoms with Gasteiger partial charge >= 0.3 is 0 Å². The summed E-state index contributed by atoms with van der Waals surface area (Å²) in [5, 5.41) is 6.53. The Morgan fingerprint density at radius 1 is 0.710 bits per heavy atom. The second-order valence-electron chi connectivity index (χ2n) is 7.32. The number of amides is 2. The molecular formula is C25H21N3O3. The maximum absolute atomic E-state index is 12.7. The van der Waals surface area contributed by atoms with Crippen molar-refractivity contribution >= 4 is 39.9 Å². The molecule has 0 bridgehead atoms. The Hall–Kier alpha value is -4.19. The number of rotatable bonds is 5. The van der Waals surface area contributed by atoms with Gasteiger partial charge in [0.25, 0.3) is 5.91 Å². The largest absolute Gasteiger partial charge is 0.351 e. The van der Waals surface area contributed by atoms with Gasteiger partial charge < -0.3 is 15.2 Å². The Morgan fingerprint density at radius 3 is 1.84 bits per heavy atom. The van der Waals surface area contributed by atoms with Crippen molar-refractivity contribution in [1.29, 1.82) is 0 Å². The Balaban J connectivity index is 1.45. The Kier molecular flexibility index (Phi) is 5.37. The lowest BCUT2D eigenvalue weighted by atomic mass is 10.0. The summed E-state index contributed by atoms with van der Waals surface area (Å²) in [6.07, 6.45) is 1.95. The topological polar surface area (TPSA) is 80.2 Å². The van der Waals surface area contributed by atoms with Gasteiger partial charge in [-0.25, -0.2) is 0 Å². The SMILES string of the molecule is CC(=O)Nc1ccc(C(=O)c2ccc(NC(=O)c3ccc4c(ccn4C)c3)cc2)cc1. The van der Waals surface area contributed by atoms with Gasteiger partial charge in [-0.15, -0.1) is 0 Å². The molecule has 0 aliphatic rings. The fourth-order valence-corrected chi connectivity index (χ4v) is 3.41. The average molecular weight is 411 g/mol. The molecule has 2 N–H and O–H groups in total. The van der Waals surface area contributed by atoms with E-state index in [1.165, 1.54) is 6.92 Å². The predicted molar refractivity (Wildman–Crippen MR) is 121 cm³/mol. The van der Waals surface area contributed by atoms with E-state index in [0.717, 1.165) is 10.9 Å². The van der Waals surface area contributed by atoms with Crippen molar-refractivity contribution in [2.45, 2.75) is 6.92 Å². The van der Waals surface area contributed by atoms with E-state index in [1.54, 1.807) is 54.6 Å². The zero-order chi connectivity index (χ0) is 22.0. The molecule has 0 fully saturated rings. The molecule has 31 heavy (non-hydrogen) atoms. The van der Waals surface area contributed by atoms with Crippen LogP contribution in [-0.4, -0.2) is 22.2 Å². The van der Waals surface area contributed by atoms with Gasteiger partial charge in [0.1, 0.15) is 0 Å². The van der Waals surface area contributed by atoms with E-state index in [2.05, 4.69) is 10.6 Å². The van der Waals surface area contributed by atoms with Gasteiger partial charge in [0.05, 0.1) is 0 Å². The predicted octanol–water partition coefficient (Wildman–Crippen LogP) is 4.62. The van der Waals surface area contributed by atoms with Crippen molar-refractivity contribution in [2.75, 3.05) is 10.6 Å². The quantitative estimate of drug-likeness (QED) is 0.470. The minimum absolute atomic E-state index is 0.137. The lowest BCUT2D eigenvalue weighted by Gasteiger charge is -2.08. The summed E-state index contributed by atoms with van der Waals surface area (Å²) < 4.78 is 2.00. The molecule has 0 radical (unpaired) electrons. The van der Waals surface area contributed by atoms with Crippen LogP contribution in [0.15, 0.2) is 79.0 Å². The van der Waals surface area contributed by atoms with Gasteiger partial charge in [-0.05, 0) is 72.8 Å². The standard InChI is InChI=1S/C25H21N3O3/c1-16(29)26-21-8-3-17(4-9-21)24(30)18-5-10-22(11-6-18)27-25(31)20-7-12-23-19(15-20)13-14-28(23)2/h3-15H,1-2H3,(H,26,29)(H,27,31). The highest BCUT2D eigenvalue weighted by Gasteiger charge is 2.11. The number of hydrogen-bond donors (Lipinski definition) is 2. The fraction of sp³-hybridized carbons (Fsp3) is 0.0800. The number of nitrogens with zero attached hydrogens (tertiary/aromatic N) is 1. The van der Waals surface area contributed by atoms with Gasteiger partial charge in [-0.1, -0.05) is 0 Å². The summed E-state index contributed by atoms with van der Waals surface area (Å²) in [6.45, 7) is 1.43. The van der Waals surface area contributed by atoms with Crippen LogP contribution in [0.5, 0.6) is 0 Å². The third-order valence-corrected chi connectivity index (χ3v) is 5.02. The molecule has 1 aromatic heterocycles. The van der Waals surface area contributed by atoms with Crippen LogP contribution in [0.1, 0.15) is 33.2 Å². The molecule has 154 valence electrons. The van der Waals surface area contributed by atoms with E-state index >= 15 is 0 Å². The highest BCUT2D eigenvalue weighted by Crippen LogP contribution is 2.19. The van der Waals surface area contributed by atoms with Crippen molar-refractivity contribution in [3.05, 3.63) is 95.7 Å². The average Bonchev–Trinajstić information content (AvgIpc) is 3.14. The number of aryl methyl sites for hydroxylation is 1. The van der Waals surface area contributed by atoms with E-state index in [0.29, 0.717) is 28.1 Å². The molecule has 6 heteroatoms. The van der Waals surface area contributed by atoms with Crippen molar-refractivity contribution in [3.8, 4) is 0 Å². The minimum atomic E-state index is -0.210. The number of ketones is 1. The summed E-state index contributed by atoms with van der Waals surface area (Å²) >= 11 is 0. The second kappa shape index (κ2) is 8.28. The van der Waals surface area contributed by atoms with Crippen LogP contribution in [-0.2, 0) is 11.8 Å². The van der Waals surface area contributed by atoms with E-state index in [-0.39, 0.29) is 17.6 Å². The number of carbonyl (C=O) groups excluding carboxylic acids is 3. The zero-order valence-corrected chi connectivity index (χ0v) is 17.2. The molecule has 0 aliphatic carbocycles. The van der Waals surface area contributed by atoms with Gasteiger partial charge in [0.2, 0.25) is 5.91 Å². The molecule has 6 nitrogen and oxygen atoms in total. The van der Waals surface area contributed by atoms with Crippen LogP contribution in [0.3, 0.4) is 0 Å². The fourth-order valence-electron chi connectivity index (χ4n) is 3.41. The monoisotopic (exact) mass is 411 g/mol. The first-order valence-electron chi connectivity index (χ1n) is 9.79. The number of carbonyl (C=O) groups is 3. The summed E-state index contributed by atoms with van der Waals surface area (Å²) in [7, 11) is 1.96. The lowest BCUT2D eigenvalue weighted by Crippen LogP contribution is -2.12. The second-order valence-corrected chi connectivity index (χ2v) is 7.32. The number of hydrogen-bond acceptors (Lipinski definition) is 3. The molecule has 0 atom stereocenters. The van der Waals surface area contributed by atoms with Crippen LogP contribution >= 0.6 is 0 Å². The maximum Gasteiger partial charge on any atom is 0.255 e. The summed E-state index contributed by atoms with van der Waals surface area (Å²) in [5.74, 6) is -0.513. The Morgan fingerprint density at radius 2 is 1.26 bits per heavy atom. The number of benzene rings is 3. The number of nitrogens with one attached hydrogen (secondary N) is 2. The van der Waals surface area contributed by atoms with Gasteiger partial charge in [0, 0.05) is 59.1 Å². The third kappa shape index (κ3) is 4.38. The molecular weight excluding hydrogens is 390 g/mol. The summed E-state index contributed by atoms with van der Waals surface area (Å²) in [5.41, 5.74) is 3.90. The number of anilines is 2. The van der Waals surface area contributed by atoms with Gasteiger partial charge in [-0.3, -0.25) is 14.4 Å². The molecule has 4 aromatic rings. The molecule has 0 saturated heterocycles. The molecule has 1 heterocycles. The maximum atomic E-state index is 12.7. The molecule has 4 rings (SSSR count). The normalized spacial score (nSPS) is 10.6. The molecule has 0 unspecified atom stereocenters. The number of aromatic nitrogens is 1. The highest BCUT2D eigenvalue weighted by atomic mass is 16.2. The van der Waals surface area contributed by atoms with Gasteiger partial charge in [0.15, 0.2) is 5.78 Å².